The zero-order valence-electron chi connectivity index (χ0n) is 68.3. The number of phenols is 2. The summed E-state index contributed by atoms with van der Waals surface area (Å²) in [6.07, 6.45) is 0.323. The summed E-state index contributed by atoms with van der Waals surface area (Å²) in [6.45, 7) is 12.5. The number of nitrogens with two attached hydrogens (primary N) is 1. The van der Waals surface area contributed by atoms with E-state index in [1.807, 2.05) is 60.7 Å². The third-order valence-electron chi connectivity index (χ3n) is 21.5. The fraction of sp³-hybridized carbons (Fsp3) is 0.394. The number of fused-ring (bicyclic) bond motifs is 10. The number of nitrogens with zero attached hydrogens (tertiary/aromatic N) is 2. The topological polar surface area (TPSA) is 331 Å². The average molecular weight is 1650 g/mol. The summed E-state index contributed by atoms with van der Waals surface area (Å²) in [6, 6.07) is 45.6. The van der Waals surface area contributed by atoms with Gasteiger partial charge in [-0.3, -0.25) is 38.4 Å². The quantitative estimate of drug-likeness (QED) is 0.0195. The summed E-state index contributed by atoms with van der Waals surface area (Å²) >= 11 is 12.1. The highest BCUT2D eigenvalue weighted by molar-refractivity contribution is 6.31. The van der Waals surface area contributed by atoms with Crippen molar-refractivity contribution in [2.75, 3.05) is 41.4 Å². The van der Waals surface area contributed by atoms with Crippen LogP contribution in [0.3, 0.4) is 0 Å². The summed E-state index contributed by atoms with van der Waals surface area (Å²) < 4.78 is 17.0. The molecular formula is C94H112Cl2N6O16. The van der Waals surface area contributed by atoms with E-state index >= 15 is 0 Å². The van der Waals surface area contributed by atoms with Crippen molar-refractivity contribution in [1.82, 2.24) is 25.8 Å². The molecule has 2 aliphatic rings. The minimum absolute atomic E-state index is 0. The molecule has 2 heterocycles. The standard InChI is InChI=1S/C50H60ClN3O9.C43H48ClN3O7.CH4/c1-30-25-43(57)46(36-19-23-45(62-8)40(28-36)39-26-32(12-22-44(39)61-7)27-41(31(2)55)53-47(30)58)54(6)48(59)37(11-9-10-24-52-49(60)63-50(3,4)5)29-42(56)35-15-13-33(14-16-35)34-17-20-38(51)21-18-34;1-25-20-40(52)41(31-14-18-38(50)35(23-31)34-21-27(7-17-37(34)49)22-36(26(2)48)46-42(25)53)47(3)43(54)32(6-4-5-19-45)24-39(51)30-10-8-28(9-11-30)29-12-15-33(44)16-13-29;/h12-23,26,28,30-31,37,41,46,55H,9-11,24-25,27,29H2,1-8H3,(H,52,60)(H,53,58);7-18,21,23,25-26,32,36,41,48-50H,4-6,19-20,22,24,45H2,1-3H3,(H,46,53);1H4/t30-,31?,37-,41+,46+;25-,26?,32-,36+,41+;/m11./s1. The molecule has 0 aromatic heterocycles. The molecule has 0 saturated carbocycles. The van der Waals surface area contributed by atoms with Crippen LogP contribution in [0.15, 0.2) is 170 Å². The number of ketones is 4. The number of methoxy groups -OCH3 is 2. The van der Waals surface area contributed by atoms with Gasteiger partial charge in [-0.1, -0.05) is 154 Å². The Bertz CT molecular complexity index is 4840. The van der Waals surface area contributed by atoms with Gasteiger partial charge in [-0.05, 0) is 197 Å². The number of rotatable bonds is 25. The Morgan fingerprint density at radius 2 is 0.881 bits per heavy atom. The van der Waals surface area contributed by atoms with Gasteiger partial charge in [-0.15, -0.1) is 0 Å². The van der Waals surface area contributed by atoms with Gasteiger partial charge in [-0.2, -0.15) is 0 Å². The first-order valence-electron chi connectivity index (χ1n) is 39.7. The second-order valence-corrected chi connectivity index (χ2v) is 32.5. The van der Waals surface area contributed by atoms with Crippen LogP contribution >= 0.6 is 23.2 Å². The third kappa shape index (κ3) is 24.7. The van der Waals surface area contributed by atoms with E-state index in [-0.39, 0.29) is 85.9 Å². The average Bonchev–Trinajstić information content (AvgIpc) is 0.783. The molecule has 22 nitrogen and oxygen atoms in total. The van der Waals surface area contributed by atoms with E-state index in [0.29, 0.717) is 112 Å². The van der Waals surface area contributed by atoms with E-state index < -0.39 is 101 Å². The number of benzene rings is 8. The van der Waals surface area contributed by atoms with Gasteiger partial charge in [-0.25, -0.2) is 4.79 Å². The Kier molecular flexibility index (Phi) is 33.5. The Hall–Kier alpha value is -10.8. The first kappa shape index (κ1) is 92.8. The molecule has 8 aromatic carbocycles. The Balaban J connectivity index is 0.000000295. The molecule has 24 heteroatoms. The number of aromatic hydroxyl groups is 2. The van der Waals surface area contributed by atoms with Crippen molar-refractivity contribution in [2.45, 2.75) is 175 Å². The van der Waals surface area contributed by atoms with Crippen LogP contribution in [0.2, 0.25) is 10.0 Å². The minimum atomic E-state index is -1.20. The lowest BCUT2D eigenvalue weighted by Gasteiger charge is -2.32. The lowest BCUT2D eigenvalue weighted by atomic mass is 9.87. The number of ether oxygens (including phenoxy) is 3. The zero-order valence-corrected chi connectivity index (χ0v) is 69.8. The van der Waals surface area contributed by atoms with E-state index in [9.17, 15) is 63.6 Å². The summed E-state index contributed by atoms with van der Waals surface area (Å²) in [7, 11) is 6.15. The molecule has 8 bridgehead atoms. The van der Waals surface area contributed by atoms with Crippen molar-refractivity contribution < 1.29 is 77.8 Å². The fourth-order valence-corrected chi connectivity index (χ4v) is 15.1. The van der Waals surface area contributed by atoms with E-state index in [1.54, 1.807) is 167 Å². The molecule has 8 aromatic rings. The minimum Gasteiger partial charge on any atom is -0.507 e. The van der Waals surface area contributed by atoms with Gasteiger partial charge in [0.05, 0.1) is 38.5 Å². The molecule has 0 saturated heterocycles. The Morgan fingerprint density at radius 3 is 1.30 bits per heavy atom. The van der Waals surface area contributed by atoms with Gasteiger partial charge in [0, 0.05) is 113 Å². The number of hydrogen-bond acceptors (Lipinski definition) is 17. The van der Waals surface area contributed by atoms with Crippen LogP contribution in [-0.2, 0) is 46.3 Å². The monoisotopic (exact) mass is 1650 g/mol. The van der Waals surface area contributed by atoms with Gasteiger partial charge in [0.1, 0.15) is 40.7 Å². The number of alkyl carbamates (subject to hydrolysis) is 1. The number of unbranched alkanes of at least 4 members (excludes halogenated alkanes) is 2. The van der Waals surface area contributed by atoms with E-state index in [1.165, 1.54) is 29.0 Å². The highest BCUT2D eigenvalue weighted by atomic mass is 35.5. The van der Waals surface area contributed by atoms with Gasteiger partial charge in [0.15, 0.2) is 23.1 Å². The van der Waals surface area contributed by atoms with Gasteiger partial charge >= 0.3 is 6.09 Å². The number of Topliss-reactive ketones (excluding diaryl/α,β-unsaturated/α-hetero) is 4. The maximum absolute atomic E-state index is 14.9. The highest BCUT2D eigenvalue weighted by Crippen LogP contribution is 2.43. The SMILES string of the molecule is C.CC(O)[C@@H]1Cc2ccc(O)c(c2)-c2cc(ccc2O)[C@H](N(C)C(=O)[C@H](CCCCN)CC(=O)c2ccc(-c3ccc(Cl)cc3)cc2)C(=O)C[C@@H](C)C(=O)N1.COc1ccc2cc1-c1cc(ccc1OC)[C@H](N(C)C(=O)[C@H](CCCCNC(=O)OC(C)(C)C)CC(=O)c1ccc(-c3ccc(Cl)cc3)cc1)C(=O)C[C@@H](C)C(=O)N[C@H](C(C)O)C2. The number of hydrogen-bond donors (Lipinski definition) is 8. The molecule has 2 unspecified atom stereocenters. The summed E-state index contributed by atoms with van der Waals surface area (Å²) in [5.41, 5.74) is 13.8. The summed E-state index contributed by atoms with van der Waals surface area (Å²) in [5, 5.41) is 53.0. The molecule has 10 atom stereocenters. The number of amides is 5. The van der Waals surface area contributed by atoms with Crippen LogP contribution in [-0.4, -0.2) is 154 Å². The van der Waals surface area contributed by atoms with Crippen molar-refractivity contribution in [3.8, 4) is 67.5 Å². The molecule has 118 heavy (non-hydrogen) atoms. The maximum atomic E-state index is 14.9. The predicted octanol–water partition coefficient (Wildman–Crippen LogP) is 16.0. The molecule has 9 N–H and O–H groups in total. The number of phenolic OH excluding ortho intramolecular Hbond substituents is 2. The summed E-state index contributed by atoms with van der Waals surface area (Å²) in [5.74, 6) is -5.48. The Labute approximate surface area is 702 Å². The summed E-state index contributed by atoms with van der Waals surface area (Å²) in [4.78, 5) is 128. The first-order chi connectivity index (χ1) is 55.6. The van der Waals surface area contributed by atoms with Gasteiger partial charge in [0.2, 0.25) is 23.6 Å². The van der Waals surface area contributed by atoms with Crippen LogP contribution in [0.5, 0.6) is 23.0 Å². The second-order valence-electron chi connectivity index (χ2n) is 31.6. The second kappa shape index (κ2) is 42.6. The molecule has 5 amide bonds. The van der Waals surface area contributed by atoms with Crippen LogP contribution in [0, 0.1) is 23.7 Å². The first-order valence-corrected chi connectivity index (χ1v) is 40.4. The zero-order chi connectivity index (χ0) is 85.1. The molecule has 0 spiro atoms. The van der Waals surface area contributed by atoms with Crippen molar-refractivity contribution in [1.29, 1.82) is 0 Å². The van der Waals surface area contributed by atoms with Crippen LogP contribution < -0.4 is 31.2 Å². The Morgan fingerprint density at radius 1 is 0.517 bits per heavy atom. The third-order valence-corrected chi connectivity index (χ3v) is 22.0. The molecule has 0 fully saturated rings. The van der Waals surface area contributed by atoms with Crippen molar-refractivity contribution in [3.63, 3.8) is 0 Å². The molecule has 10 rings (SSSR count). The molecule has 628 valence electrons. The van der Waals surface area contributed by atoms with Crippen molar-refractivity contribution in [3.05, 3.63) is 213 Å². The molecule has 0 aliphatic carbocycles. The lowest BCUT2D eigenvalue weighted by molar-refractivity contribution is -0.142. The molecular weight excluding hydrogens is 1540 g/mol. The van der Waals surface area contributed by atoms with Crippen molar-refractivity contribution >= 4 is 76.1 Å². The number of aliphatic hydroxyl groups excluding tert-OH is 2. The van der Waals surface area contributed by atoms with Gasteiger partial charge < -0.3 is 66.1 Å². The van der Waals surface area contributed by atoms with E-state index in [2.05, 4.69) is 16.0 Å². The van der Waals surface area contributed by atoms with Crippen LogP contribution in [0.4, 0.5) is 4.79 Å². The number of aliphatic hydroxyl groups is 2. The van der Waals surface area contributed by atoms with E-state index in [4.69, 9.17) is 43.1 Å². The number of carbonyl (C=O) groups excluding carboxylic acids is 9. The van der Waals surface area contributed by atoms with E-state index in [0.717, 1.165) is 27.8 Å². The largest absolute Gasteiger partial charge is 0.507 e. The number of nitrogens with one attached hydrogen (secondary N) is 3. The van der Waals surface area contributed by atoms with Crippen LogP contribution in [0.25, 0.3) is 44.5 Å². The van der Waals surface area contributed by atoms with Crippen molar-refractivity contribution in [2.24, 2.45) is 29.4 Å². The van der Waals surface area contributed by atoms with Gasteiger partial charge in [0.25, 0.3) is 0 Å². The normalized spacial score (nSPS) is 17.9. The number of halogens is 2. The van der Waals surface area contributed by atoms with Crippen LogP contribution in [0.1, 0.15) is 175 Å². The predicted molar refractivity (Wildman–Crippen MR) is 460 cm³/mol. The molecule has 0 radical (unpaired) electrons. The fourth-order valence-electron chi connectivity index (χ4n) is 14.8. The maximum Gasteiger partial charge on any atom is 0.407 e. The molecule has 2 aliphatic heterocycles. The number of carbonyl (C=O) groups is 9. The smallest absolute Gasteiger partial charge is 0.407 e. The lowest BCUT2D eigenvalue weighted by Crippen LogP contribution is -2.46. The highest BCUT2D eigenvalue weighted by Gasteiger charge is 2.39. The number of likely N-dealkylation sites (N-methyl/N-ethyl adjacent to an activating group) is 2.